The predicted octanol–water partition coefficient (Wildman–Crippen LogP) is 1.20. The maximum atomic E-state index is 12.6. The molecule has 150 valence electrons. The van der Waals surface area contributed by atoms with Crippen LogP contribution in [-0.4, -0.2) is 90.5 Å². The largest absolute Gasteiger partial charge is 0.356 e. The SMILES string of the molecule is CN=C(NCCc1ncc(C)s1)N1CCN(C(C)C(=O)N2CCCC2)CC1. The number of likely N-dealkylation sites (tertiary alicyclic amines) is 1. The molecule has 1 aromatic rings. The van der Waals surface area contributed by atoms with Crippen LogP contribution in [0.25, 0.3) is 0 Å². The minimum absolute atomic E-state index is 0.0200. The molecule has 1 amide bonds. The second kappa shape index (κ2) is 9.50. The van der Waals surface area contributed by atoms with Crippen molar-refractivity contribution in [2.24, 2.45) is 4.99 Å². The molecule has 0 aliphatic carbocycles. The van der Waals surface area contributed by atoms with Gasteiger partial charge in [0.1, 0.15) is 0 Å². The summed E-state index contributed by atoms with van der Waals surface area (Å²) in [5, 5.41) is 4.62. The van der Waals surface area contributed by atoms with E-state index in [0.717, 1.165) is 76.0 Å². The van der Waals surface area contributed by atoms with Gasteiger partial charge in [-0.05, 0) is 26.7 Å². The molecule has 8 heteroatoms. The number of guanidine groups is 1. The Morgan fingerprint density at radius 3 is 2.52 bits per heavy atom. The summed E-state index contributed by atoms with van der Waals surface area (Å²) in [6.45, 7) is 10.4. The molecule has 3 heterocycles. The first-order valence-electron chi connectivity index (χ1n) is 9.98. The first kappa shape index (κ1) is 20.1. The molecule has 27 heavy (non-hydrogen) atoms. The van der Waals surface area contributed by atoms with Crippen LogP contribution in [0.2, 0.25) is 0 Å². The molecule has 2 aliphatic heterocycles. The molecule has 3 rings (SSSR count). The highest BCUT2D eigenvalue weighted by atomic mass is 32.1. The van der Waals surface area contributed by atoms with E-state index in [9.17, 15) is 4.79 Å². The molecule has 1 N–H and O–H groups in total. The van der Waals surface area contributed by atoms with Gasteiger partial charge in [-0.1, -0.05) is 0 Å². The Bertz CT molecular complexity index is 646. The van der Waals surface area contributed by atoms with E-state index in [-0.39, 0.29) is 6.04 Å². The van der Waals surface area contributed by atoms with Crippen molar-refractivity contribution in [1.82, 2.24) is 25.0 Å². The molecular weight excluding hydrogens is 360 g/mol. The van der Waals surface area contributed by atoms with Crippen molar-refractivity contribution >= 4 is 23.2 Å². The van der Waals surface area contributed by atoms with Crippen LogP contribution in [0.15, 0.2) is 11.2 Å². The summed E-state index contributed by atoms with van der Waals surface area (Å²) in [5.74, 6) is 1.24. The number of hydrogen-bond acceptors (Lipinski definition) is 5. The lowest BCUT2D eigenvalue weighted by atomic mass is 10.2. The Morgan fingerprint density at radius 1 is 1.22 bits per heavy atom. The summed E-state index contributed by atoms with van der Waals surface area (Å²) >= 11 is 1.75. The minimum Gasteiger partial charge on any atom is -0.356 e. The van der Waals surface area contributed by atoms with Gasteiger partial charge in [-0.3, -0.25) is 14.7 Å². The van der Waals surface area contributed by atoms with E-state index in [2.05, 4.69) is 38.9 Å². The van der Waals surface area contributed by atoms with Crippen molar-refractivity contribution in [2.75, 3.05) is 52.9 Å². The normalized spacial score (nSPS) is 20.2. The van der Waals surface area contributed by atoms with Crippen molar-refractivity contribution in [1.29, 1.82) is 0 Å². The Hall–Kier alpha value is -1.67. The first-order chi connectivity index (χ1) is 13.1. The van der Waals surface area contributed by atoms with E-state index in [4.69, 9.17) is 0 Å². The van der Waals surface area contributed by atoms with Crippen LogP contribution in [-0.2, 0) is 11.2 Å². The van der Waals surface area contributed by atoms with E-state index in [1.165, 1.54) is 4.88 Å². The molecule has 2 aliphatic rings. The number of aliphatic imine (C=N–C) groups is 1. The van der Waals surface area contributed by atoms with Gasteiger partial charge in [0.25, 0.3) is 0 Å². The Balaban J connectivity index is 1.43. The van der Waals surface area contributed by atoms with Crippen LogP contribution in [0, 0.1) is 6.92 Å². The van der Waals surface area contributed by atoms with Crippen LogP contribution >= 0.6 is 11.3 Å². The third kappa shape index (κ3) is 5.19. The van der Waals surface area contributed by atoms with Crippen LogP contribution in [0.1, 0.15) is 29.7 Å². The summed E-state index contributed by atoms with van der Waals surface area (Å²) in [7, 11) is 1.84. The summed E-state index contributed by atoms with van der Waals surface area (Å²) < 4.78 is 0. The summed E-state index contributed by atoms with van der Waals surface area (Å²) in [5.41, 5.74) is 0. The number of thiazole rings is 1. The number of carbonyl (C=O) groups excluding carboxylic acids is 1. The maximum Gasteiger partial charge on any atom is 0.239 e. The molecule has 0 bridgehead atoms. The molecule has 0 saturated carbocycles. The lowest BCUT2D eigenvalue weighted by Gasteiger charge is -2.39. The monoisotopic (exact) mass is 392 g/mol. The average molecular weight is 393 g/mol. The van der Waals surface area contributed by atoms with E-state index < -0.39 is 0 Å². The number of aromatic nitrogens is 1. The number of amides is 1. The summed E-state index contributed by atoms with van der Waals surface area (Å²) in [4.78, 5) is 29.3. The highest BCUT2D eigenvalue weighted by molar-refractivity contribution is 7.11. The average Bonchev–Trinajstić information content (AvgIpc) is 3.36. The molecule has 1 unspecified atom stereocenters. The Morgan fingerprint density at radius 2 is 1.93 bits per heavy atom. The van der Waals surface area contributed by atoms with Crippen molar-refractivity contribution in [3.8, 4) is 0 Å². The molecule has 2 saturated heterocycles. The maximum absolute atomic E-state index is 12.6. The highest BCUT2D eigenvalue weighted by Crippen LogP contribution is 2.14. The molecule has 1 atom stereocenters. The molecule has 7 nitrogen and oxygen atoms in total. The second-order valence-corrected chi connectivity index (χ2v) is 8.64. The van der Waals surface area contributed by atoms with E-state index in [1.54, 1.807) is 11.3 Å². The number of aryl methyl sites for hydroxylation is 1. The molecule has 0 spiro atoms. The lowest BCUT2D eigenvalue weighted by Crippen LogP contribution is -2.57. The van der Waals surface area contributed by atoms with E-state index in [0.29, 0.717) is 5.91 Å². The fourth-order valence-corrected chi connectivity index (χ4v) is 4.60. The second-order valence-electron chi connectivity index (χ2n) is 7.32. The third-order valence-corrected chi connectivity index (χ3v) is 6.41. The van der Waals surface area contributed by atoms with Crippen molar-refractivity contribution < 1.29 is 4.79 Å². The number of rotatable bonds is 5. The number of nitrogens with one attached hydrogen (secondary N) is 1. The van der Waals surface area contributed by atoms with Gasteiger partial charge in [0.05, 0.1) is 11.0 Å². The van der Waals surface area contributed by atoms with Crippen LogP contribution in [0.5, 0.6) is 0 Å². The third-order valence-electron chi connectivity index (χ3n) is 5.44. The minimum atomic E-state index is -0.0200. The van der Waals surface area contributed by atoms with Crippen LogP contribution in [0.3, 0.4) is 0 Å². The van der Waals surface area contributed by atoms with Gasteiger partial charge < -0.3 is 15.1 Å². The number of carbonyl (C=O) groups is 1. The summed E-state index contributed by atoms with van der Waals surface area (Å²) in [6, 6.07) is -0.0200. The fraction of sp³-hybridized carbons (Fsp3) is 0.737. The predicted molar refractivity (Wildman–Crippen MR) is 110 cm³/mol. The summed E-state index contributed by atoms with van der Waals surface area (Å²) in [6.07, 6.45) is 5.14. The molecule has 1 aromatic heterocycles. The van der Waals surface area contributed by atoms with Crippen molar-refractivity contribution in [2.45, 2.75) is 39.2 Å². The quantitative estimate of drug-likeness (QED) is 0.603. The number of piperazine rings is 1. The van der Waals surface area contributed by atoms with Gasteiger partial charge in [-0.25, -0.2) is 4.98 Å². The molecular formula is C19H32N6OS. The van der Waals surface area contributed by atoms with Gasteiger partial charge in [-0.2, -0.15) is 0 Å². The van der Waals surface area contributed by atoms with Gasteiger partial charge in [-0.15, -0.1) is 11.3 Å². The topological polar surface area (TPSA) is 64.1 Å². The zero-order valence-electron chi connectivity index (χ0n) is 16.8. The van der Waals surface area contributed by atoms with Crippen LogP contribution < -0.4 is 5.32 Å². The van der Waals surface area contributed by atoms with Gasteiger partial charge in [0.15, 0.2) is 5.96 Å². The Kier molecular flexibility index (Phi) is 7.07. The van der Waals surface area contributed by atoms with Gasteiger partial charge >= 0.3 is 0 Å². The van der Waals surface area contributed by atoms with Crippen LogP contribution in [0.4, 0.5) is 0 Å². The number of nitrogens with zero attached hydrogens (tertiary/aromatic N) is 5. The fourth-order valence-electron chi connectivity index (χ4n) is 3.81. The molecule has 0 aromatic carbocycles. The van der Waals surface area contributed by atoms with E-state index >= 15 is 0 Å². The molecule has 2 fully saturated rings. The zero-order valence-corrected chi connectivity index (χ0v) is 17.6. The highest BCUT2D eigenvalue weighted by Gasteiger charge is 2.30. The smallest absolute Gasteiger partial charge is 0.239 e. The van der Waals surface area contributed by atoms with Crippen molar-refractivity contribution in [3.05, 3.63) is 16.1 Å². The first-order valence-corrected chi connectivity index (χ1v) is 10.8. The van der Waals surface area contributed by atoms with Gasteiger partial charge in [0.2, 0.25) is 5.91 Å². The van der Waals surface area contributed by atoms with Crippen molar-refractivity contribution in [3.63, 3.8) is 0 Å². The lowest BCUT2D eigenvalue weighted by molar-refractivity contribution is -0.135. The zero-order chi connectivity index (χ0) is 19.2. The Labute approximate surface area is 166 Å². The van der Waals surface area contributed by atoms with E-state index in [1.807, 2.05) is 18.1 Å². The standard InChI is InChI=1S/C19H32N6OS/c1-15-14-22-17(27-15)6-7-21-19(20-3)25-12-10-23(11-13-25)16(2)18(26)24-8-4-5-9-24/h14,16H,4-13H2,1-3H3,(H,20,21). The number of hydrogen-bond donors (Lipinski definition) is 1. The molecule has 0 radical (unpaired) electrons. The van der Waals surface area contributed by atoms with Gasteiger partial charge in [0, 0.05) is 70.4 Å².